The second-order valence-electron chi connectivity index (χ2n) is 8.30. The average Bonchev–Trinajstić information content (AvgIpc) is 2.77. The van der Waals surface area contributed by atoms with Crippen LogP contribution in [-0.4, -0.2) is 15.3 Å². The van der Waals surface area contributed by atoms with Crippen LogP contribution in [0.5, 0.6) is 28.7 Å². The molecule has 168 valence electrons. The number of anilines is 3. The van der Waals surface area contributed by atoms with Crippen molar-refractivity contribution in [3.8, 4) is 28.7 Å². The van der Waals surface area contributed by atoms with Gasteiger partial charge >= 0.3 is 0 Å². The van der Waals surface area contributed by atoms with Crippen molar-refractivity contribution in [2.75, 3.05) is 4.90 Å². The van der Waals surface area contributed by atoms with Crippen LogP contribution in [0.3, 0.4) is 0 Å². The largest absolute Gasteiger partial charge is 0.508 e. The molecule has 4 rings (SSSR count). The maximum absolute atomic E-state index is 10.6. The molecular weight excluding hydrogens is 414 g/mol. The topological polar surface area (TPSA) is 73.2 Å². The minimum absolute atomic E-state index is 0.104. The zero-order valence-corrected chi connectivity index (χ0v) is 19.1. The number of phenols is 3. The summed E-state index contributed by atoms with van der Waals surface area (Å²) in [5.41, 5.74) is 5.72. The second kappa shape index (κ2) is 8.79. The van der Waals surface area contributed by atoms with Gasteiger partial charge in [-0.3, -0.25) is 0 Å². The quantitative estimate of drug-likeness (QED) is 0.303. The number of rotatable bonds is 5. The van der Waals surface area contributed by atoms with Crippen LogP contribution in [0.1, 0.15) is 22.3 Å². The summed E-state index contributed by atoms with van der Waals surface area (Å²) < 4.78 is 6.03. The van der Waals surface area contributed by atoms with Crippen molar-refractivity contribution < 1.29 is 20.1 Å². The van der Waals surface area contributed by atoms with E-state index >= 15 is 0 Å². The normalized spacial score (nSPS) is 10.8. The van der Waals surface area contributed by atoms with Crippen LogP contribution >= 0.6 is 0 Å². The van der Waals surface area contributed by atoms with Crippen LogP contribution in [-0.2, 0) is 0 Å². The van der Waals surface area contributed by atoms with E-state index in [0.717, 1.165) is 27.9 Å². The van der Waals surface area contributed by atoms with Crippen molar-refractivity contribution in [3.63, 3.8) is 0 Å². The number of aromatic hydroxyl groups is 3. The molecule has 0 bridgehead atoms. The van der Waals surface area contributed by atoms with Gasteiger partial charge in [0.15, 0.2) is 0 Å². The van der Waals surface area contributed by atoms with Gasteiger partial charge in [0.05, 0.1) is 11.4 Å². The van der Waals surface area contributed by atoms with Crippen LogP contribution in [0.4, 0.5) is 17.1 Å². The lowest BCUT2D eigenvalue weighted by molar-refractivity contribution is 0.452. The first-order chi connectivity index (χ1) is 15.7. The van der Waals surface area contributed by atoms with Crippen molar-refractivity contribution in [2.24, 2.45) is 0 Å². The molecule has 5 nitrogen and oxygen atoms in total. The summed E-state index contributed by atoms with van der Waals surface area (Å²) in [6.45, 7) is 7.77. The molecule has 0 saturated heterocycles. The third-order valence-corrected chi connectivity index (χ3v) is 5.67. The summed E-state index contributed by atoms with van der Waals surface area (Å²) in [5, 5.41) is 31.2. The lowest BCUT2D eigenvalue weighted by Crippen LogP contribution is -2.11. The van der Waals surface area contributed by atoms with Gasteiger partial charge in [0.2, 0.25) is 0 Å². The highest BCUT2D eigenvalue weighted by atomic mass is 16.5. The number of ether oxygens (including phenoxy) is 1. The van der Waals surface area contributed by atoms with Gasteiger partial charge in [-0.05, 0) is 105 Å². The van der Waals surface area contributed by atoms with E-state index in [0.29, 0.717) is 22.9 Å². The number of aryl methyl sites for hydroxylation is 3. The molecule has 0 heterocycles. The first kappa shape index (κ1) is 22.1. The Morgan fingerprint density at radius 2 is 1.18 bits per heavy atom. The second-order valence-corrected chi connectivity index (χ2v) is 8.30. The molecule has 0 fully saturated rings. The highest BCUT2D eigenvalue weighted by molar-refractivity contribution is 5.83. The molecule has 0 radical (unpaired) electrons. The molecule has 0 aliphatic carbocycles. The van der Waals surface area contributed by atoms with E-state index in [2.05, 4.69) is 0 Å². The fourth-order valence-electron chi connectivity index (χ4n) is 3.74. The Bertz CT molecular complexity index is 1260. The van der Waals surface area contributed by atoms with Gasteiger partial charge in [0, 0.05) is 11.8 Å². The van der Waals surface area contributed by atoms with Crippen LogP contribution in [0.2, 0.25) is 0 Å². The zero-order valence-electron chi connectivity index (χ0n) is 19.1. The van der Waals surface area contributed by atoms with Crippen LogP contribution in [0.15, 0.2) is 72.8 Å². The standard InChI is InChI=1S/C28H27NO4/c1-17-5-11-26(31)24(13-17)29(25-14-18(2)6-12-27(25)32)21-7-9-23(10-8-21)33-28-16-22(30)15-19(3)20(28)4/h5-16,30-32H,1-4H3. The van der Waals surface area contributed by atoms with E-state index in [-0.39, 0.29) is 17.2 Å². The van der Waals surface area contributed by atoms with Gasteiger partial charge in [-0.15, -0.1) is 0 Å². The fraction of sp³-hybridized carbons (Fsp3) is 0.143. The third-order valence-electron chi connectivity index (χ3n) is 5.67. The average molecular weight is 442 g/mol. The van der Waals surface area contributed by atoms with Gasteiger partial charge in [-0.1, -0.05) is 12.1 Å². The van der Waals surface area contributed by atoms with Gasteiger partial charge in [0.1, 0.15) is 28.7 Å². The number of hydrogen-bond donors (Lipinski definition) is 3. The van der Waals surface area contributed by atoms with Crippen molar-refractivity contribution in [1.82, 2.24) is 0 Å². The first-order valence-corrected chi connectivity index (χ1v) is 10.7. The number of phenolic OH excluding ortho intramolecular Hbond substituents is 3. The number of nitrogens with zero attached hydrogens (tertiary/aromatic N) is 1. The molecule has 33 heavy (non-hydrogen) atoms. The van der Waals surface area contributed by atoms with Gasteiger partial charge in [-0.2, -0.15) is 0 Å². The lowest BCUT2D eigenvalue weighted by Gasteiger charge is -2.27. The lowest BCUT2D eigenvalue weighted by atomic mass is 10.1. The third kappa shape index (κ3) is 4.58. The monoisotopic (exact) mass is 441 g/mol. The molecule has 0 saturated carbocycles. The van der Waals surface area contributed by atoms with E-state index in [1.807, 2.05) is 81.1 Å². The molecule has 4 aromatic carbocycles. The van der Waals surface area contributed by atoms with Crippen molar-refractivity contribution in [2.45, 2.75) is 27.7 Å². The summed E-state index contributed by atoms with van der Waals surface area (Å²) in [5.74, 6) is 1.56. The smallest absolute Gasteiger partial charge is 0.139 e. The van der Waals surface area contributed by atoms with Gasteiger partial charge in [-0.25, -0.2) is 0 Å². The number of benzene rings is 4. The molecule has 5 heteroatoms. The summed E-state index contributed by atoms with van der Waals surface area (Å²) in [4.78, 5) is 1.82. The summed E-state index contributed by atoms with van der Waals surface area (Å²) in [6, 6.07) is 21.4. The van der Waals surface area contributed by atoms with Crippen LogP contribution in [0, 0.1) is 27.7 Å². The Kier molecular flexibility index (Phi) is 5.88. The molecule has 3 N–H and O–H groups in total. The van der Waals surface area contributed by atoms with E-state index in [9.17, 15) is 15.3 Å². The highest BCUT2D eigenvalue weighted by Gasteiger charge is 2.20. The predicted octanol–water partition coefficient (Wildman–Crippen LogP) is 7.30. The Morgan fingerprint density at radius 1 is 0.636 bits per heavy atom. The van der Waals surface area contributed by atoms with Crippen LogP contribution in [0.25, 0.3) is 0 Å². The minimum atomic E-state index is 0.104. The molecule has 4 aromatic rings. The van der Waals surface area contributed by atoms with Crippen molar-refractivity contribution in [3.05, 3.63) is 95.1 Å². The van der Waals surface area contributed by atoms with E-state index < -0.39 is 0 Å². The Balaban J connectivity index is 1.77. The highest BCUT2D eigenvalue weighted by Crippen LogP contribution is 2.44. The van der Waals surface area contributed by atoms with E-state index in [1.54, 1.807) is 24.3 Å². The maximum Gasteiger partial charge on any atom is 0.139 e. The van der Waals surface area contributed by atoms with Crippen LogP contribution < -0.4 is 9.64 Å². The molecule has 0 aliphatic heterocycles. The Labute approximate surface area is 193 Å². The summed E-state index contributed by atoms with van der Waals surface area (Å²) in [6.07, 6.45) is 0. The Morgan fingerprint density at radius 3 is 1.73 bits per heavy atom. The van der Waals surface area contributed by atoms with Gasteiger partial charge in [0.25, 0.3) is 0 Å². The molecule has 0 aliphatic rings. The predicted molar refractivity (Wildman–Crippen MR) is 132 cm³/mol. The molecular formula is C28H27NO4. The molecule has 0 atom stereocenters. The molecule has 0 aromatic heterocycles. The van der Waals surface area contributed by atoms with Gasteiger partial charge < -0.3 is 25.0 Å². The minimum Gasteiger partial charge on any atom is -0.508 e. The molecule has 0 spiro atoms. The van der Waals surface area contributed by atoms with E-state index in [1.165, 1.54) is 0 Å². The maximum atomic E-state index is 10.6. The first-order valence-electron chi connectivity index (χ1n) is 10.7. The van der Waals surface area contributed by atoms with Crippen molar-refractivity contribution >= 4 is 17.1 Å². The SMILES string of the molecule is Cc1ccc(O)c(N(c2ccc(Oc3cc(O)cc(C)c3C)cc2)c2cc(C)ccc2O)c1. The van der Waals surface area contributed by atoms with Crippen molar-refractivity contribution in [1.29, 1.82) is 0 Å². The zero-order chi connectivity index (χ0) is 23.7. The molecule has 0 amide bonds. The van der Waals surface area contributed by atoms with E-state index in [4.69, 9.17) is 4.74 Å². The Hall–Kier alpha value is -4.12. The summed E-state index contributed by atoms with van der Waals surface area (Å²) in [7, 11) is 0. The summed E-state index contributed by atoms with van der Waals surface area (Å²) >= 11 is 0. The molecule has 0 unspecified atom stereocenters. The number of hydrogen-bond acceptors (Lipinski definition) is 5. The fourth-order valence-corrected chi connectivity index (χ4v) is 3.74.